The first kappa shape index (κ1) is 22.0. The molecule has 5 aromatic carbocycles. The van der Waals surface area contributed by atoms with Crippen LogP contribution in [0.2, 0.25) is 0 Å². The highest BCUT2D eigenvalue weighted by Crippen LogP contribution is 2.44. The maximum atomic E-state index is 2.38. The van der Waals surface area contributed by atoms with E-state index in [-0.39, 0.29) is 0 Å². The Balaban J connectivity index is 1.62. The van der Waals surface area contributed by atoms with Gasteiger partial charge in [0.05, 0.1) is 0 Å². The average Bonchev–Trinajstić information content (AvgIpc) is 3.25. The van der Waals surface area contributed by atoms with E-state index >= 15 is 0 Å². The second-order valence-electron chi connectivity index (χ2n) is 9.60. The van der Waals surface area contributed by atoms with Crippen molar-refractivity contribution in [3.63, 3.8) is 0 Å². The van der Waals surface area contributed by atoms with Crippen molar-refractivity contribution < 1.29 is 0 Å². The lowest BCUT2D eigenvalue weighted by Crippen LogP contribution is -2.24. The van der Waals surface area contributed by atoms with Gasteiger partial charge in [0.2, 0.25) is 0 Å². The van der Waals surface area contributed by atoms with E-state index in [4.69, 9.17) is 0 Å². The molecule has 1 heteroatoms. The summed E-state index contributed by atoms with van der Waals surface area (Å²) in [5, 5.41) is 4.32. The van der Waals surface area contributed by atoms with E-state index in [2.05, 4.69) is 130 Å². The van der Waals surface area contributed by atoms with Crippen LogP contribution in [0.4, 0.5) is 0 Å². The summed E-state index contributed by atoms with van der Waals surface area (Å²) in [4.78, 5) is 0. The molecule has 0 amide bonds. The molecule has 0 fully saturated rings. The van der Waals surface area contributed by atoms with Gasteiger partial charge in [-0.1, -0.05) is 115 Å². The van der Waals surface area contributed by atoms with E-state index in [0.717, 1.165) is 6.42 Å². The van der Waals surface area contributed by atoms with Crippen molar-refractivity contribution in [1.82, 2.24) is 0 Å². The van der Waals surface area contributed by atoms with Crippen LogP contribution in [0.5, 0.6) is 0 Å². The Hall–Kier alpha value is -3.47. The third-order valence-electron chi connectivity index (χ3n) is 7.17. The lowest BCUT2D eigenvalue weighted by molar-refractivity contribution is 1.28. The number of rotatable bonds is 4. The predicted octanol–water partition coefficient (Wildman–Crippen LogP) is 7.61. The minimum atomic E-state index is -0.728. The minimum absolute atomic E-state index is 0.728. The molecule has 6 rings (SSSR count). The molecule has 35 heavy (non-hydrogen) atoms. The topological polar surface area (TPSA) is 0 Å². The summed E-state index contributed by atoms with van der Waals surface area (Å²) in [6, 6.07) is 40.8. The fourth-order valence-electron chi connectivity index (χ4n) is 5.82. The van der Waals surface area contributed by atoms with Gasteiger partial charge in [-0.3, -0.25) is 0 Å². The molecule has 1 aliphatic carbocycles. The fraction of sp³-hybridized carbons (Fsp3) is 0.118. The van der Waals surface area contributed by atoms with Gasteiger partial charge in [-0.05, 0) is 95.5 Å². The second kappa shape index (κ2) is 8.95. The third-order valence-corrected chi connectivity index (χ3v) is 9.76. The van der Waals surface area contributed by atoms with Gasteiger partial charge in [-0.2, -0.15) is 0 Å². The van der Waals surface area contributed by atoms with E-state index in [1.807, 2.05) is 0 Å². The number of benzene rings is 5. The molecule has 5 aromatic rings. The zero-order valence-corrected chi connectivity index (χ0v) is 21.4. The normalized spacial score (nSPS) is 12.8. The first-order chi connectivity index (χ1) is 17.1. The van der Waals surface area contributed by atoms with E-state index in [9.17, 15) is 0 Å². The second-order valence-corrected chi connectivity index (χ2v) is 11.7. The quantitative estimate of drug-likeness (QED) is 0.234. The Kier molecular flexibility index (Phi) is 5.63. The Labute approximate surface area is 210 Å². The van der Waals surface area contributed by atoms with Crippen LogP contribution in [-0.2, 0) is 6.42 Å². The molecule has 0 saturated carbocycles. The van der Waals surface area contributed by atoms with Crippen LogP contribution in [0.3, 0.4) is 0 Å². The molecule has 0 aromatic heterocycles. The smallest absolute Gasteiger partial charge is 0.000688 e. The largest absolute Gasteiger partial charge is 0.0622 e. The van der Waals surface area contributed by atoms with Crippen molar-refractivity contribution in [1.29, 1.82) is 0 Å². The van der Waals surface area contributed by atoms with E-state index in [1.165, 1.54) is 66.0 Å². The van der Waals surface area contributed by atoms with Crippen molar-refractivity contribution in [2.75, 3.05) is 0 Å². The summed E-state index contributed by atoms with van der Waals surface area (Å²) >= 11 is 0. The van der Waals surface area contributed by atoms with Gasteiger partial charge < -0.3 is 0 Å². The maximum Gasteiger partial charge on any atom is -0.000688 e. The Morgan fingerprint density at radius 2 is 1.14 bits per heavy atom. The van der Waals surface area contributed by atoms with Crippen LogP contribution >= 0.6 is 7.92 Å². The van der Waals surface area contributed by atoms with Crippen molar-refractivity contribution in [3.05, 3.63) is 137 Å². The molecule has 0 heterocycles. The summed E-state index contributed by atoms with van der Waals surface area (Å²) in [5.41, 5.74) is 12.5. The highest BCUT2D eigenvalue weighted by atomic mass is 31.1. The highest BCUT2D eigenvalue weighted by Gasteiger charge is 2.28. The Bertz CT molecular complexity index is 1520. The van der Waals surface area contributed by atoms with Gasteiger partial charge in [-0.15, -0.1) is 0 Å². The van der Waals surface area contributed by atoms with Crippen LogP contribution in [0.15, 0.2) is 109 Å². The first-order valence-corrected chi connectivity index (χ1v) is 13.7. The van der Waals surface area contributed by atoms with Gasteiger partial charge in [0, 0.05) is 0 Å². The summed E-state index contributed by atoms with van der Waals surface area (Å²) in [6.45, 7) is 6.71. The number of hydrogen-bond acceptors (Lipinski definition) is 0. The Morgan fingerprint density at radius 1 is 0.543 bits per heavy atom. The average molecular weight is 469 g/mol. The summed E-state index contributed by atoms with van der Waals surface area (Å²) < 4.78 is 0. The Morgan fingerprint density at radius 3 is 1.91 bits per heavy atom. The van der Waals surface area contributed by atoms with Crippen molar-refractivity contribution in [2.24, 2.45) is 0 Å². The van der Waals surface area contributed by atoms with Gasteiger partial charge >= 0.3 is 0 Å². The molecule has 1 atom stereocenters. The maximum absolute atomic E-state index is 2.38. The van der Waals surface area contributed by atoms with E-state index < -0.39 is 7.92 Å². The minimum Gasteiger partial charge on any atom is -0.0622 e. The molecule has 1 aliphatic rings. The molecular weight excluding hydrogens is 439 g/mol. The number of hydrogen-bond donors (Lipinski definition) is 0. The zero-order valence-electron chi connectivity index (χ0n) is 20.5. The first-order valence-electron chi connectivity index (χ1n) is 12.3. The summed E-state index contributed by atoms with van der Waals surface area (Å²) in [6.07, 6.45) is 1.01. The molecule has 0 nitrogen and oxygen atoms in total. The molecule has 0 saturated heterocycles. The van der Waals surface area contributed by atoms with Crippen LogP contribution in [0.25, 0.3) is 22.3 Å². The monoisotopic (exact) mass is 468 g/mol. The standard InChI is InChI=1S/C34H29P/c1-23-20-24(2)34(25(3)21-23)30-16-9-10-18-32(30)35(27-13-5-4-6-14-27)33-19-11-17-29-28-15-8-7-12-26(28)22-31(29)33/h4-21H,22H2,1-3H3. The molecule has 0 spiro atoms. The lowest BCUT2D eigenvalue weighted by atomic mass is 9.94. The van der Waals surface area contributed by atoms with Gasteiger partial charge in [0.1, 0.15) is 0 Å². The SMILES string of the molecule is Cc1cc(C)c(-c2ccccc2P(c2ccccc2)c2cccc3c2Cc2ccccc2-3)c(C)c1. The molecule has 0 N–H and O–H groups in total. The van der Waals surface area contributed by atoms with Crippen molar-refractivity contribution in [3.8, 4) is 22.3 Å². The fourth-order valence-corrected chi connectivity index (χ4v) is 8.47. The molecule has 1 unspecified atom stereocenters. The van der Waals surface area contributed by atoms with Crippen LogP contribution in [0.1, 0.15) is 27.8 Å². The molecule has 0 bridgehead atoms. The zero-order chi connectivity index (χ0) is 23.9. The molecular formula is C34H29P. The number of aryl methyl sites for hydroxylation is 3. The lowest BCUT2D eigenvalue weighted by Gasteiger charge is -2.26. The summed E-state index contributed by atoms with van der Waals surface area (Å²) in [7, 11) is -0.728. The number of fused-ring (bicyclic) bond motifs is 3. The van der Waals surface area contributed by atoms with Gasteiger partial charge in [0.25, 0.3) is 0 Å². The van der Waals surface area contributed by atoms with Crippen LogP contribution in [-0.4, -0.2) is 0 Å². The van der Waals surface area contributed by atoms with Crippen molar-refractivity contribution in [2.45, 2.75) is 27.2 Å². The predicted molar refractivity (Wildman–Crippen MR) is 153 cm³/mol. The van der Waals surface area contributed by atoms with Gasteiger partial charge in [-0.25, -0.2) is 0 Å². The van der Waals surface area contributed by atoms with Crippen molar-refractivity contribution >= 4 is 23.8 Å². The van der Waals surface area contributed by atoms with Crippen LogP contribution in [0, 0.1) is 20.8 Å². The van der Waals surface area contributed by atoms with Crippen LogP contribution < -0.4 is 15.9 Å². The van der Waals surface area contributed by atoms with Gasteiger partial charge in [0.15, 0.2) is 0 Å². The van der Waals surface area contributed by atoms with E-state index in [1.54, 1.807) is 0 Å². The highest BCUT2D eigenvalue weighted by molar-refractivity contribution is 7.80. The third kappa shape index (κ3) is 3.83. The summed E-state index contributed by atoms with van der Waals surface area (Å²) in [5.74, 6) is 0. The molecule has 0 aliphatic heterocycles. The van der Waals surface area contributed by atoms with E-state index in [0.29, 0.717) is 0 Å². The molecule has 0 radical (unpaired) electrons. The molecule has 170 valence electrons.